The lowest BCUT2D eigenvalue weighted by Gasteiger charge is -2.20. The van der Waals surface area contributed by atoms with E-state index < -0.39 is 0 Å². The van der Waals surface area contributed by atoms with Gasteiger partial charge in [-0.05, 0) is 13.8 Å². The molecule has 0 unspecified atom stereocenters. The van der Waals surface area contributed by atoms with E-state index >= 15 is 0 Å². The number of rotatable bonds is 4. The highest BCUT2D eigenvalue weighted by molar-refractivity contribution is 5.88. The maximum absolute atomic E-state index is 12.2. The number of amides is 2. The number of pyridine rings is 1. The number of nitrogens with zero attached hydrogens (tertiary/aromatic N) is 4. The number of urea groups is 1. The zero-order chi connectivity index (χ0) is 16.3. The van der Waals surface area contributed by atoms with Gasteiger partial charge < -0.3 is 9.64 Å². The molecule has 0 saturated carbocycles. The van der Waals surface area contributed by atoms with E-state index in [9.17, 15) is 4.79 Å². The third-order valence-corrected chi connectivity index (χ3v) is 3.54. The lowest BCUT2D eigenvalue weighted by atomic mass is 10.1. The fourth-order valence-electron chi connectivity index (χ4n) is 2.23. The molecule has 2 aromatic heterocycles. The summed E-state index contributed by atoms with van der Waals surface area (Å²) in [4.78, 5) is 18.2. The van der Waals surface area contributed by atoms with Crippen molar-refractivity contribution in [1.29, 1.82) is 0 Å². The summed E-state index contributed by atoms with van der Waals surface area (Å²) in [6.45, 7) is 4.29. The van der Waals surface area contributed by atoms with Crippen LogP contribution in [0.3, 0.4) is 0 Å². The summed E-state index contributed by atoms with van der Waals surface area (Å²) < 4.78 is 6.99. The quantitative estimate of drug-likeness (QED) is 0.939. The lowest BCUT2D eigenvalue weighted by Crippen LogP contribution is -2.32. The fourth-order valence-corrected chi connectivity index (χ4v) is 2.23. The van der Waals surface area contributed by atoms with Gasteiger partial charge >= 0.3 is 6.03 Å². The van der Waals surface area contributed by atoms with Gasteiger partial charge in [0.05, 0.1) is 25.5 Å². The van der Waals surface area contributed by atoms with Crippen molar-refractivity contribution >= 4 is 11.8 Å². The maximum Gasteiger partial charge on any atom is 0.323 e. The summed E-state index contributed by atoms with van der Waals surface area (Å²) in [5.41, 5.74) is 2.73. The summed E-state index contributed by atoms with van der Waals surface area (Å²) in [6.07, 6.45) is 3.39. The van der Waals surface area contributed by atoms with E-state index in [-0.39, 0.29) is 6.03 Å². The van der Waals surface area contributed by atoms with Gasteiger partial charge in [-0.3, -0.25) is 15.0 Å². The summed E-state index contributed by atoms with van der Waals surface area (Å²) in [5.74, 6) is 1.45. The van der Waals surface area contributed by atoms with E-state index in [1.54, 1.807) is 49.2 Å². The first-order valence-corrected chi connectivity index (χ1v) is 6.93. The van der Waals surface area contributed by atoms with Gasteiger partial charge in [-0.1, -0.05) is 0 Å². The Balaban J connectivity index is 2.10. The Kier molecular flexibility index (Phi) is 4.65. The van der Waals surface area contributed by atoms with Gasteiger partial charge in [0.25, 0.3) is 0 Å². The summed E-state index contributed by atoms with van der Waals surface area (Å²) in [5, 5.41) is 6.81. The molecule has 2 aromatic rings. The Hall–Kier alpha value is -2.57. The first kappa shape index (κ1) is 15.8. The van der Waals surface area contributed by atoms with Crippen LogP contribution in [0.15, 0.2) is 18.5 Å². The van der Waals surface area contributed by atoms with Crippen molar-refractivity contribution in [3.63, 3.8) is 0 Å². The van der Waals surface area contributed by atoms with E-state index in [4.69, 9.17) is 4.74 Å². The van der Waals surface area contributed by atoms with E-state index in [1.807, 2.05) is 13.8 Å². The van der Waals surface area contributed by atoms with Crippen LogP contribution in [0.5, 0.6) is 5.75 Å². The second-order valence-electron chi connectivity index (χ2n) is 5.17. The average Bonchev–Trinajstić information content (AvgIpc) is 2.88. The minimum absolute atomic E-state index is 0.218. The molecule has 0 atom stereocenters. The number of aryl methyl sites for hydroxylation is 2. The predicted molar refractivity (Wildman–Crippen MR) is 84.0 cm³/mol. The molecule has 2 heterocycles. The van der Waals surface area contributed by atoms with Crippen molar-refractivity contribution in [3.8, 4) is 5.75 Å². The van der Waals surface area contributed by atoms with Crippen LogP contribution in [0.2, 0.25) is 0 Å². The highest BCUT2D eigenvalue weighted by Crippen LogP contribution is 2.24. The van der Waals surface area contributed by atoms with Gasteiger partial charge in [-0.2, -0.15) is 5.10 Å². The van der Waals surface area contributed by atoms with Crippen LogP contribution in [0.25, 0.3) is 0 Å². The molecule has 2 amide bonds. The van der Waals surface area contributed by atoms with Gasteiger partial charge in [0.2, 0.25) is 0 Å². The number of aromatic nitrogens is 3. The monoisotopic (exact) mass is 303 g/mol. The molecule has 0 saturated heterocycles. The molecule has 1 N–H and O–H groups in total. The third-order valence-electron chi connectivity index (χ3n) is 3.54. The average molecular weight is 303 g/mol. The van der Waals surface area contributed by atoms with Gasteiger partial charge in [0.15, 0.2) is 0 Å². The zero-order valence-electron chi connectivity index (χ0n) is 13.5. The largest absolute Gasteiger partial charge is 0.496 e. The number of hydrogen-bond donors (Lipinski definition) is 1. The van der Waals surface area contributed by atoms with Crippen LogP contribution in [-0.4, -0.2) is 39.9 Å². The van der Waals surface area contributed by atoms with Crippen LogP contribution in [-0.2, 0) is 13.6 Å². The normalized spacial score (nSPS) is 10.4. The number of nitrogens with one attached hydrogen (secondary N) is 1. The SMILES string of the molecule is COc1c(C)cnc(CN(C)C(=O)Nc2ccnn2C)c1C. The van der Waals surface area contributed by atoms with Gasteiger partial charge in [-0.15, -0.1) is 0 Å². The molecule has 0 aliphatic heterocycles. The Morgan fingerprint density at radius 1 is 1.45 bits per heavy atom. The Morgan fingerprint density at radius 3 is 2.77 bits per heavy atom. The second-order valence-corrected chi connectivity index (χ2v) is 5.17. The van der Waals surface area contributed by atoms with E-state index in [0.29, 0.717) is 12.4 Å². The molecular formula is C15H21N5O2. The minimum atomic E-state index is -0.218. The Morgan fingerprint density at radius 2 is 2.18 bits per heavy atom. The van der Waals surface area contributed by atoms with Gasteiger partial charge in [-0.25, -0.2) is 4.79 Å². The smallest absolute Gasteiger partial charge is 0.323 e. The first-order valence-electron chi connectivity index (χ1n) is 6.93. The lowest BCUT2D eigenvalue weighted by molar-refractivity contribution is 0.220. The van der Waals surface area contributed by atoms with Crippen molar-refractivity contribution in [2.45, 2.75) is 20.4 Å². The van der Waals surface area contributed by atoms with Crippen LogP contribution in [0.1, 0.15) is 16.8 Å². The molecule has 0 aliphatic rings. The topological polar surface area (TPSA) is 72.3 Å². The molecular weight excluding hydrogens is 282 g/mol. The molecule has 2 rings (SSSR count). The molecule has 22 heavy (non-hydrogen) atoms. The van der Waals surface area contributed by atoms with Gasteiger partial charge in [0, 0.05) is 37.5 Å². The minimum Gasteiger partial charge on any atom is -0.496 e. The van der Waals surface area contributed by atoms with Crippen LogP contribution < -0.4 is 10.1 Å². The molecule has 7 heteroatoms. The Labute approximate surface area is 129 Å². The van der Waals surface area contributed by atoms with E-state index in [2.05, 4.69) is 15.4 Å². The highest BCUT2D eigenvalue weighted by Gasteiger charge is 2.15. The number of anilines is 1. The van der Waals surface area contributed by atoms with Crippen molar-refractivity contribution in [2.75, 3.05) is 19.5 Å². The van der Waals surface area contributed by atoms with Crippen LogP contribution in [0, 0.1) is 13.8 Å². The molecule has 7 nitrogen and oxygen atoms in total. The molecule has 0 bridgehead atoms. The summed E-state index contributed by atoms with van der Waals surface area (Å²) in [6, 6.07) is 1.52. The summed E-state index contributed by atoms with van der Waals surface area (Å²) >= 11 is 0. The standard InChI is InChI=1S/C15H21N5O2/c1-10-8-16-12(11(2)14(10)22-5)9-19(3)15(21)18-13-6-7-17-20(13)4/h6-8H,9H2,1-5H3,(H,18,21). The highest BCUT2D eigenvalue weighted by atomic mass is 16.5. The molecule has 0 aliphatic carbocycles. The van der Waals surface area contributed by atoms with Gasteiger partial charge in [0.1, 0.15) is 11.6 Å². The third kappa shape index (κ3) is 3.19. The van der Waals surface area contributed by atoms with Crippen molar-refractivity contribution in [1.82, 2.24) is 19.7 Å². The molecule has 0 radical (unpaired) electrons. The molecule has 0 fully saturated rings. The first-order chi connectivity index (χ1) is 10.4. The van der Waals surface area contributed by atoms with Crippen LogP contribution in [0.4, 0.5) is 10.6 Å². The van der Waals surface area contributed by atoms with Crippen LogP contribution >= 0.6 is 0 Å². The number of carbonyl (C=O) groups is 1. The fraction of sp³-hybridized carbons (Fsp3) is 0.400. The molecule has 0 spiro atoms. The van der Waals surface area contributed by atoms with Crippen molar-refractivity contribution < 1.29 is 9.53 Å². The second kappa shape index (κ2) is 6.46. The number of hydrogen-bond acceptors (Lipinski definition) is 4. The van der Waals surface area contributed by atoms with Crippen molar-refractivity contribution in [2.24, 2.45) is 7.05 Å². The Bertz CT molecular complexity index is 681. The number of ether oxygens (including phenoxy) is 1. The number of carbonyl (C=O) groups excluding carboxylic acids is 1. The molecule has 118 valence electrons. The predicted octanol–water partition coefficient (Wildman–Crippen LogP) is 2.10. The molecule has 0 aromatic carbocycles. The zero-order valence-corrected chi connectivity index (χ0v) is 13.5. The summed E-state index contributed by atoms with van der Waals surface area (Å²) in [7, 11) is 5.13. The van der Waals surface area contributed by atoms with E-state index in [1.165, 1.54) is 0 Å². The number of methoxy groups -OCH3 is 1. The van der Waals surface area contributed by atoms with E-state index in [0.717, 1.165) is 22.6 Å². The van der Waals surface area contributed by atoms with Crippen molar-refractivity contribution in [3.05, 3.63) is 35.3 Å². The maximum atomic E-state index is 12.2.